The number of hydrogen-bond donors (Lipinski definition) is 1. The van der Waals surface area contributed by atoms with Gasteiger partial charge in [-0.05, 0) is 30.5 Å². The number of rotatable bonds is 8. The zero-order valence-corrected chi connectivity index (χ0v) is 15.6. The van der Waals surface area contributed by atoms with Crippen molar-refractivity contribution < 1.29 is 14.3 Å². The first kappa shape index (κ1) is 19.5. The average molecular weight is 354 g/mol. The summed E-state index contributed by atoms with van der Waals surface area (Å²) in [4.78, 5) is 26.7. The fraction of sp³-hybridized carbons (Fsp3) is 0.333. The molecule has 5 heteroatoms. The Bertz CT molecular complexity index is 731. The first-order valence-electron chi connectivity index (χ1n) is 8.80. The number of aryl methyl sites for hydroxylation is 1. The molecule has 0 spiro atoms. The highest BCUT2D eigenvalue weighted by Gasteiger charge is 2.28. The van der Waals surface area contributed by atoms with Crippen LogP contribution in [0.1, 0.15) is 24.5 Å². The molecule has 5 nitrogen and oxygen atoms in total. The summed E-state index contributed by atoms with van der Waals surface area (Å²) in [6.07, 6.45) is 0.530. The fourth-order valence-corrected chi connectivity index (χ4v) is 2.81. The number of benzene rings is 2. The molecule has 2 amide bonds. The summed E-state index contributed by atoms with van der Waals surface area (Å²) in [5.74, 6) is 0.286. The Kier molecular flexibility index (Phi) is 7.21. The highest BCUT2D eigenvalue weighted by molar-refractivity contribution is 5.88. The predicted molar refractivity (Wildman–Crippen MR) is 102 cm³/mol. The van der Waals surface area contributed by atoms with Crippen molar-refractivity contribution in [2.24, 2.45) is 0 Å². The zero-order valence-electron chi connectivity index (χ0n) is 15.6. The van der Waals surface area contributed by atoms with Gasteiger partial charge in [-0.3, -0.25) is 9.59 Å². The molecule has 0 heterocycles. The molecule has 2 rings (SSSR count). The maximum Gasteiger partial charge on any atom is 0.261 e. The molecule has 0 aliphatic rings. The first-order chi connectivity index (χ1) is 12.6. The van der Waals surface area contributed by atoms with E-state index in [0.29, 0.717) is 18.7 Å². The molecule has 0 aliphatic heterocycles. The molecule has 2 aromatic rings. The Balaban J connectivity index is 2.17. The van der Waals surface area contributed by atoms with Gasteiger partial charge in [0.05, 0.1) is 0 Å². The van der Waals surface area contributed by atoms with E-state index in [1.807, 2.05) is 68.4 Å². The van der Waals surface area contributed by atoms with E-state index in [9.17, 15) is 9.59 Å². The molecule has 0 radical (unpaired) electrons. The van der Waals surface area contributed by atoms with Gasteiger partial charge in [0.1, 0.15) is 11.8 Å². The van der Waals surface area contributed by atoms with E-state index in [1.54, 1.807) is 11.9 Å². The van der Waals surface area contributed by atoms with Crippen LogP contribution >= 0.6 is 0 Å². The summed E-state index contributed by atoms with van der Waals surface area (Å²) < 4.78 is 5.70. The standard InChI is InChI=1S/C21H26N2O3/c1-4-18(21(25)22-3)23(14-17-11-6-5-7-12-17)20(24)15-26-19-13-9-8-10-16(19)2/h5-13,18H,4,14-15H2,1-3H3,(H,22,25)/t18-/m0/s1. The maximum absolute atomic E-state index is 12.9. The second-order valence-electron chi connectivity index (χ2n) is 6.10. The predicted octanol–water partition coefficient (Wildman–Crippen LogP) is 2.93. The van der Waals surface area contributed by atoms with Crippen molar-refractivity contribution in [1.29, 1.82) is 0 Å². The molecule has 0 aliphatic carbocycles. The second kappa shape index (κ2) is 9.61. The number of ether oxygens (including phenoxy) is 1. The molecule has 0 aromatic heterocycles. The molecule has 0 bridgehead atoms. The van der Waals surface area contributed by atoms with Crippen LogP contribution in [-0.2, 0) is 16.1 Å². The lowest BCUT2D eigenvalue weighted by atomic mass is 10.1. The summed E-state index contributed by atoms with van der Waals surface area (Å²) in [6, 6.07) is 16.7. The number of nitrogens with one attached hydrogen (secondary N) is 1. The quantitative estimate of drug-likeness (QED) is 0.793. The molecule has 138 valence electrons. The molecule has 0 saturated carbocycles. The van der Waals surface area contributed by atoms with Crippen LogP contribution in [0.15, 0.2) is 54.6 Å². The Labute approximate surface area is 155 Å². The van der Waals surface area contributed by atoms with Crippen molar-refractivity contribution >= 4 is 11.8 Å². The van der Waals surface area contributed by atoms with Crippen LogP contribution in [0, 0.1) is 6.92 Å². The highest BCUT2D eigenvalue weighted by atomic mass is 16.5. The van der Waals surface area contributed by atoms with Gasteiger partial charge in [0.2, 0.25) is 5.91 Å². The Morgan fingerprint density at radius 3 is 2.35 bits per heavy atom. The van der Waals surface area contributed by atoms with Gasteiger partial charge in [-0.15, -0.1) is 0 Å². The van der Waals surface area contributed by atoms with Crippen LogP contribution in [0.4, 0.5) is 0 Å². The van der Waals surface area contributed by atoms with Gasteiger partial charge in [0.15, 0.2) is 6.61 Å². The Morgan fingerprint density at radius 1 is 1.08 bits per heavy atom. The molecular weight excluding hydrogens is 328 g/mol. The highest BCUT2D eigenvalue weighted by Crippen LogP contribution is 2.17. The molecule has 0 saturated heterocycles. The monoisotopic (exact) mass is 354 g/mol. The lowest BCUT2D eigenvalue weighted by Gasteiger charge is -2.30. The molecular formula is C21H26N2O3. The van der Waals surface area contributed by atoms with Gasteiger partial charge < -0.3 is 15.0 Å². The molecule has 1 atom stereocenters. The average Bonchev–Trinajstić information content (AvgIpc) is 2.67. The number of hydrogen-bond acceptors (Lipinski definition) is 3. The molecule has 2 aromatic carbocycles. The van der Waals surface area contributed by atoms with E-state index in [2.05, 4.69) is 5.32 Å². The summed E-state index contributed by atoms with van der Waals surface area (Å²) in [5, 5.41) is 2.65. The maximum atomic E-state index is 12.9. The van der Waals surface area contributed by atoms with Crippen molar-refractivity contribution in [1.82, 2.24) is 10.2 Å². The van der Waals surface area contributed by atoms with Crippen LogP contribution in [0.5, 0.6) is 5.75 Å². The number of carbonyl (C=O) groups excluding carboxylic acids is 2. The van der Waals surface area contributed by atoms with Gasteiger partial charge in [0.25, 0.3) is 5.91 Å². The second-order valence-corrected chi connectivity index (χ2v) is 6.10. The van der Waals surface area contributed by atoms with E-state index in [0.717, 1.165) is 11.1 Å². The number of likely N-dealkylation sites (N-methyl/N-ethyl adjacent to an activating group) is 1. The van der Waals surface area contributed by atoms with E-state index >= 15 is 0 Å². The third kappa shape index (κ3) is 5.09. The van der Waals surface area contributed by atoms with Crippen molar-refractivity contribution in [3.05, 3.63) is 65.7 Å². The Morgan fingerprint density at radius 2 is 1.73 bits per heavy atom. The molecule has 0 fully saturated rings. The molecule has 1 N–H and O–H groups in total. The summed E-state index contributed by atoms with van der Waals surface area (Å²) >= 11 is 0. The minimum Gasteiger partial charge on any atom is -0.484 e. The van der Waals surface area contributed by atoms with Crippen molar-refractivity contribution in [2.75, 3.05) is 13.7 Å². The number of carbonyl (C=O) groups is 2. The van der Waals surface area contributed by atoms with Crippen LogP contribution in [-0.4, -0.2) is 36.4 Å². The largest absolute Gasteiger partial charge is 0.484 e. The molecule has 0 unspecified atom stereocenters. The van der Waals surface area contributed by atoms with E-state index in [4.69, 9.17) is 4.74 Å². The van der Waals surface area contributed by atoms with Gasteiger partial charge in [-0.25, -0.2) is 0 Å². The van der Waals surface area contributed by atoms with E-state index in [-0.39, 0.29) is 18.4 Å². The fourth-order valence-electron chi connectivity index (χ4n) is 2.81. The summed E-state index contributed by atoms with van der Waals surface area (Å²) in [6.45, 7) is 4.09. The topological polar surface area (TPSA) is 58.6 Å². The minimum absolute atomic E-state index is 0.106. The van der Waals surface area contributed by atoms with Crippen LogP contribution < -0.4 is 10.1 Å². The number of para-hydroxylation sites is 1. The van der Waals surface area contributed by atoms with Crippen LogP contribution in [0.3, 0.4) is 0 Å². The smallest absolute Gasteiger partial charge is 0.261 e. The van der Waals surface area contributed by atoms with Gasteiger partial charge in [-0.1, -0.05) is 55.5 Å². The van der Waals surface area contributed by atoms with E-state index < -0.39 is 6.04 Å². The third-order valence-electron chi connectivity index (χ3n) is 4.27. The van der Waals surface area contributed by atoms with Crippen molar-refractivity contribution in [3.63, 3.8) is 0 Å². The van der Waals surface area contributed by atoms with Gasteiger partial charge >= 0.3 is 0 Å². The normalized spacial score (nSPS) is 11.5. The van der Waals surface area contributed by atoms with Crippen LogP contribution in [0.2, 0.25) is 0 Å². The third-order valence-corrected chi connectivity index (χ3v) is 4.27. The number of nitrogens with zero attached hydrogens (tertiary/aromatic N) is 1. The lowest BCUT2D eigenvalue weighted by molar-refractivity contribution is -0.142. The zero-order chi connectivity index (χ0) is 18.9. The summed E-state index contributed by atoms with van der Waals surface area (Å²) in [7, 11) is 1.58. The molecule has 26 heavy (non-hydrogen) atoms. The lowest BCUT2D eigenvalue weighted by Crippen LogP contribution is -2.49. The summed E-state index contributed by atoms with van der Waals surface area (Å²) in [5.41, 5.74) is 1.94. The van der Waals surface area contributed by atoms with Gasteiger partial charge in [0, 0.05) is 13.6 Å². The minimum atomic E-state index is -0.534. The van der Waals surface area contributed by atoms with Crippen molar-refractivity contribution in [2.45, 2.75) is 32.9 Å². The van der Waals surface area contributed by atoms with E-state index in [1.165, 1.54) is 0 Å². The Hall–Kier alpha value is -2.82. The van der Waals surface area contributed by atoms with Gasteiger partial charge in [-0.2, -0.15) is 0 Å². The number of amides is 2. The van der Waals surface area contributed by atoms with Crippen LogP contribution in [0.25, 0.3) is 0 Å². The first-order valence-corrected chi connectivity index (χ1v) is 8.80. The SMILES string of the molecule is CC[C@@H](C(=O)NC)N(Cc1ccccc1)C(=O)COc1ccccc1C. The van der Waals surface area contributed by atoms with Crippen molar-refractivity contribution in [3.8, 4) is 5.75 Å².